The zero-order valence-electron chi connectivity index (χ0n) is 13.4. The van der Waals surface area contributed by atoms with E-state index in [1.165, 1.54) is 11.1 Å². The first-order valence-corrected chi connectivity index (χ1v) is 12.1. The van der Waals surface area contributed by atoms with Crippen LogP contribution in [0.5, 0.6) is 0 Å². The van der Waals surface area contributed by atoms with Crippen LogP contribution in [-0.2, 0) is 0 Å². The van der Waals surface area contributed by atoms with Crippen LogP contribution >= 0.6 is 0 Å². The molecule has 0 amide bonds. The Morgan fingerprint density at radius 2 is 1.00 bits per heavy atom. The third-order valence-corrected chi connectivity index (χ3v) is 13.6. The van der Waals surface area contributed by atoms with Gasteiger partial charge in [-0.05, 0) is 85.1 Å². The minimum atomic E-state index is -1.00. The SMILES string of the molecule is CC1CC2CC1CC2[Si](C)(C)C1CC2CC1CC2C. The van der Waals surface area contributed by atoms with E-state index in [0.717, 1.165) is 35.5 Å². The van der Waals surface area contributed by atoms with Crippen molar-refractivity contribution in [3.63, 3.8) is 0 Å². The molecule has 4 fully saturated rings. The maximum atomic E-state index is 2.79. The molecule has 108 valence electrons. The van der Waals surface area contributed by atoms with Gasteiger partial charge >= 0.3 is 0 Å². The molecular formula is C18H32Si. The van der Waals surface area contributed by atoms with E-state index in [1.54, 1.807) is 38.5 Å². The standard InChI is InChI=1S/C18H32Si/c1-11-5-15-7-13(11)9-17(15)19(3,4)18-10-14-8-16(18)6-12(14)2/h11-18H,5-10H2,1-4H3. The highest BCUT2D eigenvalue weighted by Crippen LogP contribution is 2.65. The molecule has 8 atom stereocenters. The Kier molecular flexibility index (Phi) is 2.80. The maximum Gasteiger partial charge on any atom is 0.0541 e. The van der Waals surface area contributed by atoms with Crippen molar-refractivity contribution in [3.8, 4) is 0 Å². The monoisotopic (exact) mass is 276 g/mol. The fraction of sp³-hybridized carbons (Fsp3) is 1.00. The number of fused-ring (bicyclic) bond motifs is 4. The van der Waals surface area contributed by atoms with E-state index in [9.17, 15) is 0 Å². The molecule has 0 aromatic heterocycles. The van der Waals surface area contributed by atoms with E-state index in [-0.39, 0.29) is 0 Å². The molecule has 0 aromatic carbocycles. The van der Waals surface area contributed by atoms with Gasteiger partial charge in [-0.25, -0.2) is 0 Å². The molecule has 4 aliphatic carbocycles. The van der Waals surface area contributed by atoms with Gasteiger partial charge in [0.1, 0.15) is 0 Å². The van der Waals surface area contributed by atoms with Gasteiger partial charge in [0, 0.05) is 0 Å². The normalized spacial score (nSPS) is 56.2. The fourth-order valence-corrected chi connectivity index (χ4v) is 12.6. The largest absolute Gasteiger partial charge is 0.0689 e. The van der Waals surface area contributed by atoms with E-state index in [1.807, 2.05) is 0 Å². The van der Waals surface area contributed by atoms with Crippen molar-refractivity contribution in [2.75, 3.05) is 0 Å². The van der Waals surface area contributed by atoms with E-state index in [0.29, 0.717) is 0 Å². The molecule has 1 heteroatoms. The summed E-state index contributed by atoms with van der Waals surface area (Å²) >= 11 is 0. The van der Waals surface area contributed by atoms with Crippen LogP contribution < -0.4 is 0 Å². The lowest BCUT2D eigenvalue weighted by Crippen LogP contribution is -2.43. The van der Waals surface area contributed by atoms with Gasteiger partial charge in [0.25, 0.3) is 0 Å². The van der Waals surface area contributed by atoms with Crippen LogP contribution in [0.3, 0.4) is 0 Å². The molecule has 0 saturated heterocycles. The quantitative estimate of drug-likeness (QED) is 0.579. The zero-order valence-corrected chi connectivity index (χ0v) is 14.4. The van der Waals surface area contributed by atoms with Crippen LogP contribution in [0.25, 0.3) is 0 Å². The van der Waals surface area contributed by atoms with E-state index in [4.69, 9.17) is 0 Å². The second kappa shape index (κ2) is 4.12. The molecule has 0 N–H and O–H groups in total. The Balaban J connectivity index is 1.52. The molecule has 4 aliphatic rings. The summed E-state index contributed by atoms with van der Waals surface area (Å²) in [7, 11) is -1.00. The van der Waals surface area contributed by atoms with Gasteiger partial charge in [-0.15, -0.1) is 0 Å². The minimum Gasteiger partial charge on any atom is -0.0689 e. The van der Waals surface area contributed by atoms with E-state index < -0.39 is 8.07 Å². The highest BCUT2D eigenvalue weighted by Gasteiger charge is 2.57. The predicted molar refractivity (Wildman–Crippen MR) is 85.0 cm³/mol. The molecule has 4 bridgehead atoms. The van der Waals surface area contributed by atoms with Crippen LogP contribution in [0.15, 0.2) is 0 Å². The van der Waals surface area contributed by atoms with Crippen LogP contribution in [0.4, 0.5) is 0 Å². The van der Waals surface area contributed by atoms with E-state index in [2.05, 4.69) is 26.9 Å². The molecule has 4 saturated carbocycles. The molecule has 0 aliphatic heterocycles. The van der Waals surface area contributed by atoms with Crippen molar-refractivity contribution in [1.29, 1.82) is 0 Å². The van der Waals surface area contributed by atoms with Crippen molar-refractivity contribution < 1.29 is 0 Å². The van der Waals surface area contributed by atoms with Gasteiger partial charge < -0.3 is 0 Å². The highest BCUT2D eigenvalue weighted by molar-refractivity contribution is 6.80. The average molecular weight is 277 g/mol. The molecule has 4 rings (SSSR count). The summed E-state index contributed by atoms with van der Waals surface area (Å²) in [6, 6.07) is 0. The van der Waals surface area contributed by atoms with Crippen molar-refractivity contribution in [3.05, 3.63) is 0 Å². The van der Waals surface area contributed by atoms with Gasteiger partial charge in [-0.2, -0.15) is 0 Å². The summed E-state index contributed by atoms with van der Waals surface area (Å²) in [5, 5.41) is 0. The lowest BCUT2D eigenvalue weighted by atomic mass is 9.89. The maximum absolute atomic E-state index is 2.79. The van der Waals surface area contributed by atoms with Crippen LogP contribution in [0, 0.1) is 35.5 Å². The molecule has 8 unspecified atom stereocenters. The lowest BCUT2D eigenvalue weighted by molar-refractivity contribution is 0.333. The van der Waals surface area contributed by atoms with Gasteiger partial charge in [0.05, 0.1) is 8.07 Å². The van der Waals surface area contributed by atoms with Crippen LogP contribution in [0.2, 0.25) is 24.2 Å². The fourth-order valence-electron chi connectivity index (χ4n) is 7.22. The Morgan fingerprint density at radius 3 is 1.26 bits per heavy atom. The van der Waals surface area contributed by atoms with Gasteiger partial charge in [0.15, 0.2) is 0 Å². The van der Waals surface area contributed by atoms with Gasteiger partial charge in [-0.1, -0.05) is 26.9 Å². The Bertz CT molecular complexity index is 336. The van der Waals surface area contributed by atoms with E-state index >= 15 is 0 Å². The summed E-state index contributed by atoms with van der Waals surface area (Å²) in [5.41, 5.74) is 2.40. The summed E-state index contributed by atoms with van der Waals surface area (Å²) in [6.45, 7) is 10.6. The molecule has 0 heterocycles. The Labute approximate surface area is 120 Å². The first kappa shape index (κ1) is 12.9. The molecule has 19 heavy (non-hydrogen) atoms. The molecule has 0 nitrogen and oxygen atoms in total. The highest BCUT2D eigenvalue weighted by atomic mass is 28.3. The molecular weight excluding hydrogens is 244 g/mol. The second-order valence-electron chi connectivity index (χ2n) is 9.44. The molecule has 0 aromatic rings. The number of hydrogen-bond donors (Lipinski definition) is 0. The topological polar surface area (TPSA) is 0 Å². The van der Waals surface area contributed by atoms with Crippen LogP contribution in [-0.4, -0.2) is 8.07 Å². The average Bonchev–Trinajstić information content (AvgIpc) is 3.04. The third-order valence-electron chi connectivity index (χ3n) is 8.33. The first-order valence-electron chi connectivity index (χ1n) is 8.96. The minimum absolute atomic E-state index is 1.00. The zero-order chi connectivity index (χ0) is 13.4. The first-order chi connectivity index (χ1) is 8.96. The summed E-state index contributed by atoms with van der Waals surface area (Å²) < 4.78 is 0. The van der Waals surface area contributed by atoms with Crippen molar-refractivity contribution in [2.24, 2.45) is 35.5 Å². The Morgan fingerprint density at radius 1 is 0.579 bits per heavy atom. The van der Waals surface area contributed by atoms with Gasteiger partial charge in [-0.3, -0.25) is 0 Å². The van der Waals surface area contributed by atoms with Gasteiger partial charge in [0.2, 0.25) is 0 Å². The van der Waals surface area contributed by atoms with Crippen molar-refractivity contribution in [1.82, 2.24) is 0 Å². The molecule has 0 radical (unpaired) electrons. The molecule has 0 spiro atoms. The second-order valence-corrected chi connectivity index (χ2v) is 14.6. The Hall–Kier alpha value is 0.217. The number of rotatable bonds is 2. The lowest BCUT2D eigenvalue weighted by Gasteiger charge is -2.45. The van der Waals surface area contributed by atoms with Crippen molar-refractivity contribution in [2.45, 2.75) is 76.5 Å². The predicted octanol–water partition coefficient (Wildman–Crippen LogP) is 5.57. The van der Waals surface area contributed by atoms with Crippen molar-refractivity contribution >= 4 is 8.07 Å². The smallest absolute Gasteiger partial charge is 0.0541 e. The summed E-state index contributed by atoms with van der Waals surface area (Å²) in [5.74, 6) is 6.67. The van der Waals surface area contributed by atoms with Crippen LogP contribution in [0.1, 0.15) is 52.4 Å². The third kappa shape index (κ3) is 1.76. The summed E-state index contributed by atoms with van der Waals surface area (Å²) in [4.78, 5) is 0. The number of hydrogen-bond acceptors (Lipinski definition) is 0. The summed E-state index contributed by atoms with van der Waals surface area (Å²) in [6.07, 6.45) is 9.66.